The molecule has 0 radical (unpaired) electrons. The van der Waals surface area contributed by atoms with E-state index in [4.69, 9.17) is 9.47 Å². The molecule has 1 aromatic carbocycles. The van der Waals surface area contributed by atoms with Gasteiger partial charge in [-0.2, -0.15) is 0 Å². The number of benzene rings is 1. The van der Waals surface area contributed by atoms with Gasteiger partial charge in [0.15, 0.2) is 5.76 Å². The Morgan fingerprint density at radius 3 is 2.44 bits per heavy atom. The van der Waals surface area contributed by atoms with E-state index in [9.17, 15) is 14.4 Å². The maximum Gasteiger partial charge on any atom is 0.340 e. The summed E-state index contributed by atoms with van der Waals surface area (Å²) in [6.07, 6.45) is 1.15. The van der Waals surface area contributed by atoms with E-state index in [1.807, 2.05) is 18.2 Å². The van der Waals surface area contributed by atoms with Crippen molar-refractivity contribution in [3.63, 3.8) is 0 Å². The molecule has 6 nitrogen and oxygen atoms in total. The van der Waals surface area contributed by atoms with Crippen LogP contribution in [0.25, 0.3) is 5.69 Å². The first kappa shape index (κ1) is 16.7. The van der Waals surface area contributed by atoms with Gasteiger partial charge in [0.25, 0.3) is 0 Å². The molecule has 25 heavy (non-hydrogen) atoms. The first-order valence-electron chi connectivity index (χ1n) is 7.83. The van der Waals surface area contributed by atoms with E-state index in [0.717, 1.165) is 6.08 Å². The highest BCUT2D eigenvalue weighted by atomic mass is 16.5. The highest BCUT2D eigenvalue weighted by Crippen LogP contribution is 2.33. The highest BCUT2D eigenvalue weighted by Gasteiger charge is 2.38. The number of ether oxygens (including phenoxy) is 2. The zero-order valence-electron chi connectivity index (χ0n) is 14.2. The number of hydrogen-bond acceptors (Lipinski definition) is 5. The molecular weight excluding hydrogens is 322 g/mol. The minimum absolute atomic E-state index is 0.0316. The van der Waals surface area contributed by atoms with Crippen LogP contribution >= 0.6 is 0 Å². The van der Waals surface area contributed by atoms with E-state index in [0.29, 0.717) is 11.4 Å². The summed E-state index contributed by atoms with van der Waals surface area (Å²) in [5.74, 6) is -1.62. The molecule has 0 unspecified atom stereocenters. The van der Waals surface area contributed by atoms with Crippen LogP contribution in [0.15, 0.2) is 42.2 Å². The average Bonchev–Trinajstić information content (AvgIpc) is 2.93. The quantitative estimate of drug-likeness (QED) is 0.801. The number of carbonyl (C=O) groups is 3. The third kappa shape index (κ3) is 2.55. The van der Waals surface area contributed by atoms with Gasteiger partial charge in [0.05, 0.1) is 24.8 Å². The molecule has 0 N–H and O–H groups in total. The number of ketones is 2. The molecule has 0 aliphatic heterocycles. The Labute approximate surface area is 144 Å². The van der Waals surface area contributed by atoms with Crippen molar-refractivity contribution in [3.8, 4) is 5.69 Å². The van der Waals surface area contributed by atoms with Crippen LogP contribution in [-0.2, 0) is 9.47 Å². The average molecular weight is 339 g/mol. The molecule has 0 saturated heterocycles. The van der Waals surface area contributed by atoms with Gasteiger partial charge in [0, 0.05) is 17.5 Å². The Morgan fingerprint density at radius 2 is 1.84 bits per heavy atom. The monoisotopic (exact) mass is 339 g/mol. The number of hydrogen-bond donors (Lipinski definition) is 0. The van der Waals surface area contributed by atoms with Crippen LogP contribution in [0.4, 0.5) is 0 Å². The number of carbonyl (C=O) groups excluding carboxylic acids is 3. The van der Waals surface area contributed by atoms with E-state index in [2.05, 4.69) is 0 Å². The fourth-order valence-corrected chi connectivity index (χ4v) is 3.03. The maximum atomic E-state index is 12.8. The van der Waals surface area contributed by atoms with Crippen LogP contribution in [0.5, 0.6) is 0 Å². The molecule has 0 saturated carbocycles. The lowest BCUT2D eigenvalue weighted by Crippen LogP contribution is -2.21. The lowest BCUT2D eigenvalue weighted by molar-refractivity contribution is 0.0522. The smallest absolute Gasteiger partial charge is 0.340 e. The van der Waals surface area contributed by atoms with Gasteiger partial charge < -0.3 is 14.0 Å². The van der Waals surface area contributed by atoms with Crippen LogP contribution in [0.2, 0.25) is 0 Å². The summed E-state index contributed by atoms with van der Waals surface area (Å²) in [5, 5.41) is 0. The second-order valence-corrected chi connectivity index (χ2v) is 5.48. The SMILES string of the molecule is CCOC(=O)c1c2c(n(-c3ccccc3)c1C)C(=O)C=C(OC)C2=O. The summed E-state index contributed by atoms with van der Waals surface area (Å²) in [7, 11) is 1.31. The lowest BCUT2D eigenvalue weighted by Gasteiger charge is -2.14. The number of aromatic nitrogens is 1. The summed E-state index contributed by atoms with van der Waals surface area (Å²) in [4.78, 5) is 37.9. The minimum Gasteiger partial charge on any atom is -0.492 e. The first-order valence-corrected chi connectivity index (χ1v) is 7.83. The van der Waals surface area contributed by atoms with Crippen LogP contribution in [0.1, 0.15) is 43.8 Å². The largest absolute Gasteiger partial charge is 0.492 e. The molecule has 0 spiro atoms. The van der Waals surface area contributed by atoms with Crippen LogP contribution in [0, 0.1) is 6.92 Å². The van der Waals surface area contributed by atoms with Gasteiger partial charge in [0.1, 0.15) is 5.69 Å². The predicted octanol–water partition coefficient (Wildman–Crippen LogP) is 2.87. The van der Waals surface area contributed by atoms with E-state index in [1.165, 1.54) is 7.11 Å². The third-order valence-corrected chi connectivity index (χ3v) is 4.07. The predicted molar refractivity (Wildman–Crippen MR) is 90.2 cm³/mol. The number of esters is 1. The Hall–Kier alpha value is -3.15. The van der Waals surface area contributed by atoms with Gasteiger partial charge in [0.2, 0.25) is 11.6 Å². The fraction of sp³-hybridized carbons (Fsp3) is 0.211. The number of methoxy groups -OCH3 is 1. The molecule has 6 heteroatoms. The summed E-state index contributed by atoms with van der Waals surface area (Å²) < 4.78 is 11.7. The third-order valence-electron chi connectivity index (χ3n) is 4.07. The molecule has 1 aliphatic rings. The van der Waals surface area contributed by atoms with Gasteiger partial charge in [-0.25, -0.2) is 4.79 Å². The van der Waals surface area contributed by atoms with Crippen molar-refractivity contribution in [2.24, 2.45) is 0 Å². The lowest BCUT2D eigenvalue weighted by atomic mass is 9.96. The molecule has 0 bridgehead atoms. The number of para-hydroxylation sites is 1. The normalized spacial score (nSPS) is 13.3. The number of nitrogens with zero attached hydrogens (tertiary/aromatic N) is 1. The van der Waals surface area contributed by atoms with Crippen molar-refractivity contribution in [1.29, 1.82) is 0 Å². The maximum absolute atomic E-state index is 12.8. The first-order chi connectivity index (χ1) is 12.0. The molecule has 3 rings (SSSR count). The van der Waals surface area contributed by atoms with Gasteiger partial charge in [-0.1, -0.05) is 18.2 Å². The number of Topliss-reactive ketones (excluding diaryl/α,β-unsaturated/α-hetero) is 1. The standard InChI is InChI=1S/C19H17NO5/c1-4-25-19(23)15-11(2)20(12-8-6-5-7-9-12)17-13(21)10-14(24-3)18(22)16(15)17/h5-10H,4H2,1-3H3. The molecule has 0 fully saturated rings. The van der Waals surface area contributed by atoms with Gasteiger partial charge in [-0.3, -0.25) is 9.59 Å². The van der Waals surface area contributed by atoms with Crippen LogP contribution in [-0.4, -0.2) is 35.8 Å². The van der Waals surface area contributed by atoms with Gasteiger partial charge in [-0.15, -0.1) is 0 Å². The Kier molecular flexibility index (Phi) is 4.27. The molecule has 128 valence electrons. The van der Waals surface area contributed by atoms with E-state index in [-0.39, 0.29) is 29.2 Å². The van der Waals surface area contributed by atoms with E-state index < -0.39 is 17.5 Å². The van der Waals surface area contributed by atoms with Crippen molar-refractivity contribution in [2.75, 3.05) is 13.7 Å². The van der Waals surface area contributed by atoms with E-state index >= 15 is 0 Å². The molecule has 1 heterocycles. The number of rotatable bonds is 4. The minimum atomic E-state index is -0.635. The second kappa shape index (κ2) is 6.39. The Balaban J connectivity index is 2.35. The molecule has 2 aromatic rings. The fourth-order valence-electron chi connectivity index (χ4n) is 3.03. The van der Waals surface area contributed by atoms with Gasteiger partial charge in [-0.05, 0) is 26.0 Å². The highest BCUT2D eigenvalue weighted by molar-refractivity contribution is 6.26. The van der Waals surface area contributed by atoms with Crippen molar-refractivity contribution in [1.82, 2.24) is 4.57 Å². The summed E-state index contributed by atoms with van der Waals surface area (Å²) >= 11 is 0. The molecule has 1 aromatic heterocycles. The van der Waals surface area contributed by atoms with Crippen molar-refractivity contribution in [3.05, 3.63) is 64.7 Å². The number of allylic oxidation sites excluding steroid dienone is 2. The van der Waals surface area contributed by atoms with Crippen molar-refractivity contribution in [2.45, 2.75) is 13.8 Å². The zero-order chi connectivity index (χ0) is 18.1. The molecule has 0 atom stereocenters. The summed E-state index contributed by atoms with van der Waals surface area (Å²) in [6, 6.07) is 9.08. The summed E-state index contributed by atoms with van der Waals surface area (Å²) in [5.41, 5.74) is 1.44. The second-order valence-electron chi connectivity index (χ2n) is 5.48. The van der Waals surface area contributed by atoms with E-state index in [1.54, 1.807) is 30.5 Å². The Bertz CT molecular complexity index is 906. The number of fused-ring (bicyclic) bond motifs is 1. The van der Waals surface area contributed by atoms with Crippen molar-refractivity contribution < 1.29 is 23.9 Å². The molecular formula is C19H17NO5. The van der Waals surface area contributed by atoms with Crippen LogP contribution < -0.4 is 0 Å². The summed E-state index contributed by atoms with van der Waals surface area (Å²) in [6.45, 7) is 3.53. The topological polar surface area (TPSA) is 74.6 Å². The molecule has 0 amide bonds. The Morgan fingerprint density at radius 1 is 1.16 bits per heavy atom. The van der Waals surface area contributed by atoms with Crippen molar-refractivity contribution >= 4 is 17.5 Å². The van der Waals surface area contributed by atoms with Crippen LogP contribution in [0.3, 0.4) is 0 Å². The van der Waals surface area contributed by atoms with Gasteiger partial charge >= 0.3 is 5.97 Å². The zero-order valence-corrected chi connectivity index (χ0v) is 14.2. The molecule has 1 aliphatic carbocycles.